The molecular weight excluding hydrogens is 479 g/mol. The van der Waals surface area contributed by atoms with Gasteiger partial charge in [-0.05, 0) is 54.1 Å². The van der Waals surface area contributed by atoms with E-state index in [1.54, 1.807) is 42.6 Å². The van der Waals surface area contributed by atoms with Crippen LogP contribution < -0.4 is 0 Å². The summed E-state index contributed by atoms with van der Waals surface area (Å²) in [7, 11) is -3.80. The normalized spacial score (nSPS) is 12.0. The number of benzene rings is 3. The molecular formula is C25H20Cl2N2O3S. The molecule has 4 rings (SSSR count). The average molecular weight is 499 g/mol. The maximum absolute atomic E-state index is 13.4. The first-order valence-corrected chi connectivity index (χ1v) is 12.3. The molecule has 168 valence electrons. The van der Waals surface area contributed by atoms with Gasteiger partial charge in [-0.3, -0.25) is 4.99 Å². The number of halogens is 2. The summed E-state index contributed by atoms with van der Waals surface area (Å²) in [6, 6.07) is 26.2. The zero-order valence-corrected chi connectivity index (χ0v) is 19.8. The number of hydrogen-bond acceptors (Lipinski definition) is 4. The molecule has 0 aliphatic heterocycles. The molecule has 0 unspecified atom stereocenters. The fourth-order valence-electron chi connectivity index (χ4n) is 3.18. The number of nitrogens with zero attached hydrogens (tertiary/aromatic N) is 2. The van der Waals surface area contributed by atoms with Gasteiger partial charge in [0, 0.05) is 11.6 Å². The van der Waals surface area contributed by atoms with Crippen LogP contribution in [0.25, 0.3) is 0 Å². The second-order valence-corrected chi connectivity index (χ2v) is 10.0. The van der Waals surface area contributed by atoms with Crippen molar-refractivity contribution < 1.29 is 12.8 Å². The van der Waals surface area contributed by atoms with Crippen molar-refractivity contribution >= 4 is 45.1 Å². The number of hydrogen-bond donors (Lipinski definition) is 0. The van der Waals surface area contributed by atoms with Crippen molar-refractivity contribution in [2.45, 2.75) is 18.0 Å². The smallest absolute Gasteiger partial charge is 0.243 e. The lowest BCUT2D eigenvalue weighted by atomic mass is 10.2. The minimum absolute atomic E-state index is 0.0553. The van der Waals surface area contributed by atoms with E-state index in [0.29, 0.717) is 27.3 Å². The van der Waals surface area contributed by atoms with Gasteiger partial charge in [0.25, 0.3) is 0 Å². The molecule has 0 N–H and O–H groups in total. The molecule has 1 aromatic heterocycles. The number of furan rings is 1. The molecule has 0 aliphatic carbocycles. The average Bonchev–Trinajstić information content (AvgIpc) is 3.26. The van der Waals surface area contributed by atoms with Gasteiger partial charge in [0.05, 0.1) is 28.4 Å². The van der Waals surface area contributed by atoms with Crippen LogP contribution in [0.4, 0.5) is 5.69 Å². The largest absolute Gasteiger partial charge is 0.459 e. The summed E-state index contributed by atoms with van der Waals surface area (Å²) in [6.07, 6.45) is 1.56. The molecule has 0 atom stereocenters. The number of para-hydroxylation sites is 1. The van der Waals surface area contributed by atoms with Gasteiger partial charge in [-0.15, -0.1) is 0 Å². The first-order valence-electron chi connectivity index (χ1n) is 10.1. The Labute approximate surface area is 203 Å². The van der Waals surface area contributed by atoms with Crippen molar-refractivity contribution in [3.63, 3.8) is 0 Å². The van der Waals surface area contributed by atoms with E-state index < -0.39 is 10.0 Å². The van der Waals surface area contributed by atoms with E-state index in [1.807, 2.05) is 42.5 Å². The van der Waals surface area contributed by atoms with E-state index >= 15 is 0 Å². The minimum Gasteiger partial charge on any atom is -0.459 e. The van der Waals surface area contributed by atoms with Gasteiger partial charge in [-0.1, -0.05) is 65.7 Å². The quantitative estimate of drug-likeness (QED) is 0.253. The third-order valence-corrected chi connectivity index (χ3v) is 7.23. The molecule has 0 amide bonds. The van der Waals surface area contributed by atoms with Gasteiger partial charge in [0.15, 0.2) is 0 Å². The molecule has 5 nitrogen and oxygen atoms in total. The maximum atomic E-state index is 13.4. The summed E-state index contributed by atoms with van der Waals surface area (Å²) >= 11 is 12.1. The molecule has 33 heavy (non-hydrogen) atoms. The van der Waals surface area contributed by atoms with Gasteiger partial charge >= 0.3 is 0 Å². The van der Waals surface area contributed by atoms with E-state index in [-0.39, 0.29) is 18.0 Å². The molecule has 0 saturated carbocycles. The van der Waals surface area contributed by atoms with E-state index in [1.165, 1.54) is 16.4 Å². The standard InChI is InChI=1S/C25H20Cl2N2O3S/c26-20-10-14-23(15-11-20)33(30,31)29(17-19-6-2-1-3-7-19)18-22-13-12-21(32-22)16-28-25-9-5-4-8-24(25)27/h1-16H,17-18H2. The van der Waals surface area contributed by atoms with Crippen molar-refractivity contribution in [2.75, 3.05) is 0 Å². The van der Waals surface area contributed by atoms with E-state index in [9.17, 15) is 8.42 Å². The minimum atomic E-state index is -3.80. The van der Waals surface area contributed by atoms with Crippen LogP contribution in [0.5, 0.6) is 0 Å². The highest BCUT2D eigenvalue weighted by Crippen LogP contribution is 2.25. The number of sulfonamides is 1. The Morgan fingerprint density at radius 3 is 2.24 bits per heavy atom. The van der Waals surface area contributed by atoms with Crippen LogP contribution in [0, 0.1) is 0 Å². The Balaban J connectivity index is 1.59. The lowest BCUT2D eigenvalue weighted by Crippen LogP contribution is -2.30. The van der Waals surface area contributed by atoms with Crippen LogP contribution in [0.2, 0.25) is 10.0 Å². The van der Waals surface area contributed by atoms with Gasteiger partial charge in [0.1, 0.15) is 11.5 Å². The van der Waals surface area contributed by atoms with Crippen LogP contribution in [0.1, 0.15) is 17.1 Å². The molecule has 3 aromatic carbocycles. The lowest BCUT2D eigenvalue weighted by Gasteiger charge is -2.21. The van der Waals surface area contributed by atoms with Gasteiger partial charge in [-0.2, -0.15) is 4.31 Å². The van der Waals surface area contributed by atoms with Crippen molar-refractivity contribution in [3.8, 4) is 0 Å². The third-order valence-electron chi connectivity index (χ3n) is 4.85. The molecule has 0 bridgehead atoms. The maximum Gasteiger partial charge on any atom is 0.243 e. The Morgan fingerprint density at radius 2 is 1.52 bits per heavy atom. The Bertz CT molecular complexity index is 1350. The van der Waals surface area contributed by atoms with E-state index in [2.05, 4.69) is 4.99 Å². The van der Waals surface area contributed by atoms with Crippen molar-refractivity contribution in [1.29, 1.82) is 0 Å². The van der Waals surface area contributed by atoms with Gasteiger partial charge in [0.2, 0.25) is 10.0 Å². The molecule has 1 heterocycles. The topological polar surface area (TPSA) is 62.9 Å². The summed E-state index contributed by atoms with van der Waals surface area (Å²) in [5.41, 5.74) is 1.48. The highest BCUT2D eigenvalue weighted by Gasteiger charge is 2.26. The molecule has 4 aromatic rings. The third kappa shape index (κ3) is 5.92. The lowest BCUT2D eigenvalue weighted by molar-refractivity contribution is 0.357. The van der Waals surface area contributed by atoms with Gasteiger partial charge < -0.3 is 4.42 Å². The molecule has 0 radical (unpaired) electrons. The van der Waals surface area contributed by atoms with E-state index in [4.69, 9.17) is 27.6 Å². The zero-order chi connectivity index (χ0) is 23.3. The van der Waals surface area contributed by atoms with Crippen LogP contribution in [-0.2, 0) is 23.1 Å². The summed E-state index contributed by atoms with van der Waals surface area (Å²) in [6.45, 7) is 0.245. The first-order chi connectivity index (χ1) is 15.9. The highest BCUT2D eigenvalue weighted by atomic mass is 35.5. The zero-order valence-electron chi connectivity index (χ0n) is 17.4. The molecule has 0 spiro atoms. The first kappa shape index (κ1) is 23.3. The predicted molar refractivity (Wildman–Crippen MR) is 132 cm³/mol. The van der Waals surface area contributed by atoms with Crippen molar-refractivity contribution in [2.24, 2.45) is 4.99 Å². The number of rotatable bonds is 8. The fraction of sp³-hybridized carbons (Fsp3) is 0.0800. The Hall–Kier alpha value is -2.90. The predicted octanol–water partition coefficient (Wildman–Crippen LogP) is 6.73. The fourth-order valence-corrected chi connectivity index (χ4v) is 4.89. The van der Waals surface area contributed by atoms with E-state index in [0.717, 1.165) is 5.56 Å². The Morgan fingerprint density at radius 1 is 0.818 bits per heavy atom. The van der Waals surface area contributed by atoms with Crippen molar-refractivity contribution in [1.82, 2.24) is 4.31 Å². The monoisotopic (exact) mass is 498 g/mol. The molecule has 8 heteroatoms. The van der Waals surface area contributed by atoms with Crippen LogP contribution in [-0.4, -0.2) is 18.9 Å². The molecule has 0 saturated heterocycles. The van der Waals surface area contributed by atoms with Gasteiger partial charge in [-0.25, -0.2) is 8.42 Å². The van der Waals surface area contributed by atoms with Crippen LogP contribution in [0.3, 0.4) is 0 Å². The summed E-state index contributed by atoms with van der Waals surface area (Å²) in [5.74, 6) is 0.984. The highest BCUT2D eigenvalue weighted by molar-refractivity contribution is 7.89. The van der Waals surface area contributed by atoms with Crippen LogP contribution >= 0.6 is 23.2 Å². The second kappa shape index (κ2) is 10.4. The summed E-state index contributed by atoms with van der Waals surface area (Å²) in [4.78, 5) is 4.51. The summed E-state index contributed by atoms with van der Waals surface area (Å²) < 4.78 is 34.0. The summed E-state index contributed by atoms with van der Waals surface area (Å²) in [5, 5.41) is 1.00. The molecule has 0 aliphatic rings. The van der Waals surface area contributed by atoms with Crippen molar-refractivity contribution in [3.05, 3.63) is 118 Å². The molecule has 0 fully saturated rings. The Kier molecular flexibility index (Phi) is 7.30. The van der Waals surface area contributed by atoms with Crippen LogP contribution in [0.15, 0.2) is 105 Å². The second-order valence-electron chi connectivity index (χ2n) is 7.23. The number of aliphatic imine (C=N–C) groups is 1. The SMILES string of the molecule is O=S(=O)(c1ccc(Cl)cc1)N(Cc1ccccc1)Cc1ccc(C=Nc2ccccc2Cl)o1.